The number of nitrogens with zero attached hydrogens (tertiary/aromatic N) is 2. The van der Waals surface area contributed by atoms with Gasteiger partial charge in [-0.25, -0.2) is 18.7 Å². The van der Waals surface area contributed by atoms with E-state index < -0.39 is 0 Å². The van der Waals surface area contributed by atoms with Gasteiger partial charge in [0.25, 0.3) is 0 Å². The van der Waals surface area contributed by atoms with Crippen LogP contribution in [0.25, 0.3) is 11.1 Å². The van der Waals surface area contributed by atoms with Crippen LogP contribution in [0.1, 0.15) is 37.3 Å². The SMILES string of the molecule is Cl.FC1=C(c2ncc[nH]2)C(CSCC2=CCCC(F)=C2c2ncc[nH]2)=CCC1. The highest BCUT2D eigenvalue weighted by atomic mass is 35.5. The lowest BCUT2D eigenvalue weighted by Gasteiger charge is -2.19. The van der Waals surface area contributed by atoms with Gasteiger partial charge in [0.05, 0.1) is 11.1 Å². The Bertz CT molecular complexity index is 851. The first-order valence-electron chi connectivity index (χ1n) is 8.97. The van der Waals surface area contributed by atoms with Gasteiger partial charge < -0.3 is 9.97 Å². The fourth-order valence-corrected chi connectivity index (χ4v) is 4.51. The molecule has 0 fully saturated rings. The summed E-state index contributed by atoms with van der Waals surface area (Å²) in [7, 11) is 0. The molecule has 0 unspecified atom stereocenters. The van der Waals surface area contributed by atoms with E-state index in [4.69, 9.17) is 0 Å². The number of hydrogen-bond acceptors (Lipinski definition) is 3. The summed E-state index contributed by atoms with van der Waals surface area (Å²) in [5.74, 6) is 2.18. The summed E-state index contributed by atoms with van der Waals surface area (Å²) in [6.07, 6.45) is 13.0. The summed E-state index contributed by atoms with van der Waals surface area (Å²) in [5.41, 5.74) is 3.03. The van der Waals surface area contributed by atoms with Gasteiger partial charge in [0.2, 0.25) is 0 Å². The van der Waals surface area contributed by atoms with Crippen LogP contribution in [0, 0.1) is 0 Å². The zero-order chi connectivity index (χ0) is 18.6. The van der Waals surface area contributed by atoms with E-state index in [9.17, 15) is 8.78 Å². The van der Waals surface area contributed by atoms with Crippen molar-refractivity contribution in [1.82, 2.24) is 19.9 Å². The van der Waals surface area contributed by atoms with Crippen LogP contribution in [-0.2, 0) is 0 Å². The molecule has 0 aliphatic heterocycles. The molecule has 0 spiro atoms. The highest BCUT2D eigenvalue weighted by molar-refractivity contribution is 7.99. The van der Waals surface area contributed by atoms with Crippen molar-refractivity contribution in [3.05, 3.63) is 71.4 Å². The number of hydrogen-bond donors (Lipinski definition) is 2. The number of thioether (sulfide) groups is 1. The number of rotatable bonds is 6. The molecule has 0 saturated heterocycles. The number of H-pyrrole nitrogens is 2. The smallest absolute Gasteiger partial charge is 0.140 e. The Hall–Kier alpha value is -2.12. The van der Waals surface area contributed by atoms with Gasteiger partial charge >= 0.3 is 0 Å². The summed E-state index contributed by atoms with van der Waals surface area (Å²) >= 11 is 1.65. The van der Waals surface area contributed by atoms with Crippen LogP contribution in [0.2, 0.25) is 0 Å². The van der Waals surface area contributed by atoms with E-state index in [2.05, 4.69) is 32.1 Å². The lowest BCUT2D eigenvalue weighted by Crippen LogP contribution is -2.06. The lowest BCUT2D eigenvalue weighted by molar-refractivity contribution is 0.589. The van der Waals surface area contributed by atoms with Gasteiger partial charge in [-0.2, -0.15) is 11.8 Å². The van der Waals surface area contributed by atoms with Crippen LogP contribution < -0.4 is 0 Å². The van der Waals surface area contributed by atoms with E-state index in [0.29, 0.717) is 60.0 Å². The van der Waals surface area contributed by atoms with Gasteiger partial charge in [-0.15, -0.1) is 12.4 Å². The monoisotopic (exact) mass is 422 g/mol. The van der Waals surface area contributed by atoms with Crippen molar-refractivity contribution in [1.29, 1.82) is 0 Å². The van der Waals surface area contributed by atoms with Gasteiger partial charge in [-0.05, 0) is 24.0 Å². The standard InChI is InChI=1S/C20H20F2N4S.ClH/c21-15-5-1-3-13(17(15)19-23-7-8-24-19)11-27-12-14-4-2-6-16(22)18(14)20-25-9-10-26-20;/h3-4,7-10H,1-2,5-6,11-12H2,(H,23,24)(H,25,26);1H. The molecule has 2 aromatic rings. The summed E-state index contributed by atoms with van der Waals surface area (Å²) in [6.45, 7) is 0. The number of halogens is 3. The molecular weight excluding hydrogens is 402 g/mol. The molecule has 4 nitrogen and oxygen atoms in total. The topological polar surface area (TPSA) is 57.4 Å². The van der Waals surface area contributed by atoms with E-state index >= 15 is 0 Å². The number of imidazole rings is 2. The molecule has 2 aliphatic carbocycles. The Balaban J connectivity index is 0.00000225. The average Bonchev–Trinajstić information content (AvgIpc) is 3.36. The molecule has 0 aromatic carbocycles. The van der Waals surface area contributed by atoms with Gasteiger partial charge in [0, 0.05) is 49.1 Å². The van der Waals surface area contributed by atoms with Gasteiger partial charge in [0.15, 0.2) is 0 Å². The maximum Gasteiger partial charge on any atom is 0.140 e. The minimum absolute atomic E-state index is 0. The van der Waals surface area contributed by atoms with Crippen LogP contribution in [0.15, 0.2) is 59.7 Å². The summed E-state index contributed by atoms with van der Waals surface area (Å²) in [4.78, 5) is 14.4. The fraction of sp³-hybridized carbons (Fsp3) is 0.300. The minimum Gasteiger partial charge on any atom is -0.345 e. The van der Waals surface area contributed by atoms with E-state index in [1.807, 2.05) is 0 Å². The van der Waals surface area contributed by atoms with Crippen LogP contribution in [0.3, 0.4) is 0 Å². The van der Waals surface area contributed by atoms with E-state index in [-0.39, 0.29) is 24.1 Å². The average molecular weight is 423 g/mol. The Morgan fingerprint density at radius 1 is 0.821 bits per heavy atom. The number of nitrogens with one attached hydrogen (secondary N) is 2. The lowest BCUT2D eigenvalue weighted by atomic mass is 9.97. The van der Waals surface area contributed by atoms with E-state index in [0.717, 1.165) is 11.1 Å². The number of aromatic amines is 2. The summed E-state index contributed by atoms with van der Waals surface area (Å²) in [6, 6.07) is 0. The second-order valence-electron chi connectivity index (χ2n) is 6.46. The molecular formula is C20H21ClF2N4S. The van der Waals surface area contributed by atoms with Crippen molar-refractivity contribution in [2.45, 2.75) is 25.7 Å². The molecule has 2 N–H and O–H groups in total. The maximum atomic E-state index is 14.4. The third kappa shape index (κ3) is 4.31. The first-order valence-corrected chi connectivity index (χ1v) is 10.1. The van der Waals surface area contributed by atoms with Crippen LogP contribution in [0.4, 0.5) is 8.78 Å². The molecule has 148 valence electrons. The van der Waals surface area contributed by atoms with Gasteiger partial charge in [-0.1, -0.05) is 12.2 Å². The predicted octanol–water partition coefficient (Wildman–Crippen LogP) is 5.79. The van der Waals surface area contributed by atoms with Gasteiger partial charge in [0.1, 0.15) is 23.3 Å². The highest BCUT2D eigenvalue weighted by Gasteiger charge is 2.22. The Morgan fingerprint density at radius 3 is 1.68 bits per heavy atom. The second-order valence-corrected chi connectivity index (χ2v) is 7.45. The van der Waals surface area contributed by atoms with Gasteiger partial charge in [-0.3, -0.25) is 0 Å². The van der Waals surface area contributed by atoms with Crippen LogP contribution in [0.5, 0.6) is 0 Å². The molecule has 28 heavy (non-hydrogen) atoms. The zero-order valence-electron chi connectivity index (χ0n) is 15.2. The molecule has 2 aromatic heterocycles. The van der Waals surface area contributed by atoms with Crippen molar-refractivity contribution in [3.63, 3.8) is 0 Å². The van der Waals surface area contributed by atoms with Crippen molar-refractivity contribution in [2.24, 2.45) is 0 Å². The molecule has 0 saturated carbocycles. The normalized spacial score (nSPS) is 17.4. The number of allylic oxidation sites excluding steroid dienone is 6. The third-order valence-corrected chi connectivity index (χ3v) is 5.71. The predicted molar refractivity (Wildman–Crippen MR) is 112 cm³/mol. The second kappa shape index (κ2) is 9.39. The first-order chi connectivity index (χ1) is 13.2. The Labute approximate surface area is 172 Å². The fourth-order valence-electron chi connectivity index (χ4n) is 3.45. The highest BCUT2D eigenvalue weighted by Crippen LogP contribution is 2.37. The molecule has 0 atom stereocenters. The first kappa shape index (κ1) is 20.6. The molecule has 0 amide bonds. The molecule has 0 bridgehead atoms. The van der Waals surface area contributed by atoms with Crippen molar-refractivity contribution < 1.29 is 8.78 Å². The summed E-state index contributed by atoms with van der Waals surface area (Å²) < 4.78 is 28.9. The van der Waals surface area contributed by atoms with Crippen molar-refractivity contribution in [3.8, 4) is 0 Å². The largest absolute Gasteiger partial charge is 0.345 e. The number of aromatic nitrogens is 4. The molecule has 2 aliphatic rings. The molecule has 8 heteroatoms. The third-order valence-electron chi connectivity index (χ3n) is 4.68. The molecule has 2 heterocycles. The quantitative estimate of drug-likeness (QED) is 0.619. The maximum absolute atomic E-state index is 14.4. The van der Waals surface area contributed by atoms with E-state index in [1.165, 1.54) is 0 Å². The molecule has 0 radical (unpaired) electrons. The van der Waals surface area contributed by atoms with Crippen LogP contribution >= 0.6 is 24.2 Å². The Kier molecular flexibility index (Phi) is 6.91. The van der Waals surface area contributed by atoms with Crippen molar-refractivity contribution in [2.75, 3.05) is 11.5 Å². The van der Waals surface area contributed by atoms with Crippen LogP contribution in [-0.4, -0.2) is 31.4 Å². The minimum atomic E-state index is -0.123. The Morgan fingerprint density at radius 2 is 1.29 bits per heavy atom. The zero-order valence-corrected chi connectivity index (χ0v) is 16.8. The van der Waals surface area contributed by atoms with Crippen molar-refractivity contribution >= 4 is 35.3 Å². The summed E-state index contributed by atoms with van der Waals surface area (Å²) in [5, 5.41) is 0. The van der Waals surface area contributed by atoms with E-state index in [1.54, 1.807) is 36.5 Å². The molecule has 4 rings (SSSR count).